The summed E-state index contributed by atoms with van der Waals surface area (Å²) < 4.78 is 10.8. The molecule has 0 aliphatic heterocycles. The molecule has 0 heterocycles. The third kappa shape index (κ3) is 4.39. The molecule has 0 fully saturated rings. The summed E-state index contributed by atoms with van der Waals surface area (Å²) in [6, 6.07) is 5.92. The van der Waals surface area contributed by atoms with Crippen LogP contribution in [0.25, 0.3) is 0 Å². The van der Waals surface area contributed by atoms with Crippen LogP contribution in [0.1, 0.15) is 25.3 Å². The molecule has 16 heavy (non-hydrogen) atoms. The first-order chi connectivity index (χ1) is 7.76. The molecule has 0 amide bonds. The van der Waals surface area contributed by atoms with E-state index in [2.05, 4.69) is 19.1 Å². The standard InChI is InChI=1S/C14H20O2/c1-4-5-6-7-8-16-14-10-12(2)9-13(11-14)15-3/h5-6,9-11H,4,7-8H2,1-3H3. The molecule has 88 valence electrons. The Bertz CT molecular complexity index is 343. The predicted octanol–water partition coefficient (Wildman–Crippen LogP) is 3.74. The monoisotopic (exact) mass is 220 g/mol. The van der Waals surface area contributed by atoms with E-state index in [0.717, 1.165) is 29.9 Å². The maximum Gasteiger partial charge on any atom is 0.123 e. The minimum atomic E-state index is 0.711. The Hall–Kier alpha value is -1.44. The van der Waals surface area contributed by atoms with Crippen LogP contribution in [0.4, 0.5) is 0 Å². The van der Waals surface area contributed by atoms with Gasteiger partial charge in [-0.1, -0.05) is 19.1 Å². The fourth-order valence-corrected chi connectivity index (χ4v) is 1.44. The highest BCUT2D eigenvalue weighted by Gasteiger charge is 1.98. The van der Waals surface area contributed by atoms with Crippen molar-refractivity contribution in [3.05, 3.63) is 35.9 Å². The highest BCUT2D eigenvalue weighted by atomic mass is 16.5. The maximum atomic E-state index is 5.64. The van der Waals surface area contributed by atoms with E-state index in [9.17, 15) is 0 Å². The zero-order valence-corrected chi connectivity index (χ0v) is 10.3. The van der Waals surface area contributed by atoms with Gasteiger partial charge in [-0.3, -0.25) is 0 Å². The summed E-state index contributed by atoms with van der Waals surface area (Å²) >= 11 is 0. The van der Waals surface area contributed by atoms with E-state index in [1.807, 2.05) is 25.1 Å². The van der Waals surface area contributed by atoms with Gasteiger partial charge in [0.15, 0.2) is 0 Å². The second kappa shape index (κ2) is 6.94. The largest absolute Gasteiger partial charge is 0.497 e. The average molecular weight is 220 g/mol. The summed E-state index contributed by atoms with van der Waals surface area (Å²) in [7, 11) is 1.67. The van der Waals surface area contributed by atoms with Crippen molar-refractivity contribution in [3.63, 3.8) is 0 Å². The predicted molar refractivity (Wildman–Crippen MR) is 67.3 cm³/mol. The first-order valence-corrected chi connectivity index (χ1v) is 5.69. The van der Waals surface area contributed by atoms with Crippen molar-refractivity contribution in [2.75, 3.05) is 13.7 Å². The van der Waals surface area contributed by atoms with Crippen LogP contribution in [0.3, 0.4) is 0 Å². The Kier molecular flexibility index (Phi) is 5.48. The number of methoxy groups -OCH3 is 1. The average Bonchev–Trinajstić information content (AvgIpc) is 2.28. The molecule has 0 aromatic heterocycles. The molecule has 1 aromatic rings. The zero-order valence-electron chi connectivity index (χ0n) is 10.3. The normalized spacial score (nSPS) is 10.7. The summed E-state index contributed by atoms with van der Waals surface area (Å²) in [5, 5.41) is 0. The molecule has 1 rings (SSSR count). The molecule has 0 atom stereocenters. The first kappa shape index (κ1) is 12.6. The minimum Gasteiger partial charge on any atom is -0.497 e. The van der Waals surface area contributed by atoms with Gasteiger partial charge in [0.25, 0.3) is 0 Å². The molecule has 0 spiro atoms. The fraction of sp³-hybridized carbons (Fsp3) is 0.429. The van der Waals surface area contributed by atoms with Gasteiger partial charge < -0.3 is 9.47 Å². The number of hydrogen-bond donors (Lipinski definition) is 0. The topological polar surface area (TPSA) is 18.5 Å². The van der Waals surface area contributed by atoms with Crippen molar-refractivity contribution in [1.29, 1.82) is 0 Å². The van der Waals surface area contributed by atoms with Crippen molar-refractivity contribution in [1.82, 2.24) is 0 Å². The first-order valence-electron chi connectivity index (χ1n) is 5.69. The maximum absolute atomic E-state index is 5.64. The van der Waals surface area contributed by atoms with E-state index >= 15 is 0 Å². The second-order valence-electron chi connectivity index (χ2n) is 3.70. The zero-order chi connectivity index (χ0) is 11.8. The van der Waals surface area contributed by atoms with Gasteiger partial charge in [-0.05, 0) is 37.5 Å². The molecule has 2 nitrogen and oxygen atoms in total. The van der Waals surface area contributed by atoms with E-state index in [0.29, 0.717) is 6.61 Å². The molecule has 0 saturated carbocycles. The molecule has 1 aromatic carbocycles. The van der Waals surface area contributed by atoms with Crippen LogP contribution < -0.4 is 9.47 Å². The third-order valence-corrected chi connectivity index (χ3v) is 2.22. The number of ether oxygens (including phenoxy) is 2. The van der Waals surface area contributed by atoms with Gasteiger partial charge in [0.05, 0.1) is 13.7 Å². The molecule has 0 N–H and O–H groups in total. The van der Waals surface area contributed by atoms with Crippen molar-refractivity contribution < 1.29 is 9.47 Å². The van der Waals surface area contributed by atoms with Gasteiger partial charge >= 0.3 is 0 Å². The molecule has 2 heteroatoms. The smallest absolute Gasteiger partial charge is 0.123 e. The van der Waals surface area contributed by atoms with E-state index in [1.54, 1.807) is 7.11 Å². The van der Waals surface area contributed by atoms with Gasteiger partial charge in [-0.15, -0.1) is 0 Å². The van der Waals surface area contributed by atoms with E-state index in [1.165, 1.54) is 0 Å². The second-order valence-corrected chi connectivity index (χ2v) is 3.70. The fourth-order valence-electron chi connectivity index (χ4n) is 1.44. The summed E-state index contributed by atoms with van der Waals surface area (Å²) in [5.74, 6) is 1.72. The number of allylic oxidation sites excluding steroid dienone is 1. The molecular formula is C14H20O2. The summed E-state index contributed by atoms with van der Waals surface area (Å²) in [5.41, 5.74) is 1.15. The Morgan fingerprint density at radius 3 is 2.56 bits per heavy atom. The lowest BCUT2D eigenvalue weighted by Gasteiger charge is -2.08. The SMILES string of the molecule is CCC=CCCOc1cc(C)cc(OC)c1. The van der Waals surface area contributed by atoms with Gasteiger partial charge in [0.2, 0.25) is 0 Å². The minimum absolute atomic E-state index is 0.711. The summed E-state index contributed by atoms with van der Waals surface area (Å²) in [6.07, 6.45) is 6.33. The van der Waals surface area contributed by atoms with E-state index < -0.39 is 0 Å². The number of hydrogen-bond acceptors (Lipinski definition) is 2. The lowest BCUT2D eigenvalue weighted by atomic mass is 10.2. The van der Waals surface area contributed by atoms with Crippen LogP contribution >= 0.6 is 0 Å². The molecular weight excluding hydrogens is 200 g/mol. The molecule has 0 unspecified atom stereocenters. The third-order valence-electron chi connectivity index (χ3n) is 2.22. The summed E-state index contributed by atoms with van der Waals surface area (Å²) in [6.45, 7) is 4.87. The van der Waals surface area contributed by atoms with Crippen LogP contribution in [0.15, 0.2) is 30.4 Å². The van der Waals surface area contributed by atoms with Crippen LogP contribution in [0, 0.1) is 6.92 Å². The van der Waals surface area contributed by atoms with Crippen molar-refractivity contribution in [2.45, 2.75) is 26.7 Å². The lowest BCUT2D eigenvalue weighted by Crippen LogP contribution is -1.96. The van der Waals surface area contributed by atoms with Crippen LogP contribution in [-0.2, 0) is 0 Å². The molecule has 0 radical (unpaired) electrons. The van der Waals surface area contributed by atoms with Gasteiger partial charge in [-0.2, -0.15) is 0 Å². The summed E-state index contributed by atoms with van der Waals surface area (Å²) in [4.78, 5) is 0. The number of rotatable bonds is 6. The lowest BCUT2D eigenvalue weighted by molar-refractivity contribution is 0.321. The van der Waals surface area contributed by atoms with Crippen molar-refractivity contribution >= 4 is 0 Å². The Labute approximate surface area is 97.9 Å². The van der Waals surface area contributed by atoms with E-state index in [-0.39, 0.29) is 0 Å². The van der Waals surface area contributed by atoms with Gasteiger partial charge in [0.1, 0.15) is 11.5 Å². The number of aryl methyl sites for hydroxylation is 1. The Morgan fingerprint density at radius 2 is 1.88 bits per heavy atom. The van der Waals surface area contributed by atoms with E-state index in [4.69, 9.17) is 9.47 Å². The highest BCUT2D eigenvalue weighted by molar-refractivity contribution is 5.37. The highest BCUT2D eigenvalue weighted by Crippen LogP contribution is 2.22. The molecule has 0 aliphatic rings. The van der Waals surface area contributed by atoms with Gasteiger partial charge in [-0.25, -0.2) is 0 Å². The quantitative estimate of drug-likeness (QED) is 0.537. The van der Waals surface area contributed by atoms with Crippen molar-refractivity contribution in [3.8, 4) is 11.5 Å². The van der Waals surface area contributed by atoms with Crippen LogP contribution in [0.5, 0.6) is 11.5 Å². The number of benzene rings is 1. The van der Waals surface area contributed by atoms with Crippen LogP contribution in [0.2, 0.25) is 0 Å². The molecule has 0 aliphatic carbocycles. The Morgan fingerprint density at radius 1 is 1.12 bits per heavy atom. The van der Waals surface area contributed by atoms with Crippen LogP contribution in [-0.4, -0.2) is 13.7 Å². The molecule has 0 saturated heterocycles. The van der Waals surface area contributed by atoms with Gasteiger partial charge in [0, 0.05) is 6.07 Å². The van der Waals surface area contributed by atoms with Crippen molar-refractivity contribution in [2.24, 2.45) is 0 Å². The molecule has 0 bridgehead atoms. The Balaban J connectivity index is 2.47.